The molecule has 1 rings (SSSR count). The third-order valence-electron chi connectivity index (χ3n) is 1.76. The number of amides is 1. The molecule has 0 spiro atoms. The molecular formula is C9H13NOS3. The molecule has 0 bridgehead atoms. The third-order valence-corrected chi connectivity index (χ3v) is 4.10. The molecule has 0 saturated heterocycles. The Balaban J connectivity index is 2.43. The van der Waals surface area contributed by atoms with E-state index < -0.39 is 0 Å². The fourth-order valence-electron chi connectivity index (χ4n) is 0.852. The summed E-state index contributed by atoms with van der Waals surface area (Å²) in [5.41, 5.74) is 0. The zero-order valence-corrected chi connectivity index (χ0v) is 10.6. The second kappa shape index (κ2) is 5.68. The van der Waals surface area contributed by atoms with Crippen LogP contribution in [0.4, 0.5) is 0 Å². The molecule has 1 aromatic heterocycles. The molecule has 0 aromatic carbocycles. The Morgan fingerprint density at radius 1 is 1.79 bits per heavy atom. The average molecular weight is 247 g/mol. The average Bonchev–Trinajstić information content (AvgIpc) is 2.60. The summed E-state index contributed by atoms with van der Waals surface area (Å²) in [7, 11) is 0. The molecule has 1 unspecified atom stereocenters. The van der Waals surface area contributed by atoms with Gasteiger partial charge in [0.15, 0.2) is 0 Å². The molecule has 0 saturated carbocycles. The van der Waals surface area contributed by atoms with Crippen LogP contribution >= 0.6 is 35.7 Å². The van der Waals surface area contributed by atoms with Crippen LogP contribution in [0.25, 0.3) is 0 Å². The molecule has 1 N–H and O–H groups in total. The molecule has 78 valence electrons. The van der Waals surface area contributed by atoms with Gasteiger partial charge in [0.1, 0.15) is 0 Å². The lowest BCUT2D eigenvalue weighted by molar-refractivity contribution is 0.0958. The molecule has 0 aliphatic carbocycles. The van der Waals surface area contributed by atoms with Crippen molar-refractivity contribution in [3.8, 4) is 0 Å². The first-order valence-corrected chi connectivity index (χ1v) is 6.83. The molecule has 1 atom stereocenters. The molecular weight excluding hydrogens is 234 g/mol. The van der Waals surface area contributed by atoms with Gasteiger partial charge in [-0.2, -0.15) is 11.8 Å². The van der Waals surface area contributed by atoms with E-state index in [0.717, 1.165) is 9.77 Å². The van der Waals surface area contributed by atoms with Crippen LogP contribution in [-0.2, 0) is 0 Å². The molecule has 1 aromatic rings. The van der Waals surface area contributed by atoms with Crippen molar-refractivity contribution < 1.29 is 4.79 Å². The lowest BCUT2D eigenvalue weighted by atomic mass is 10.4. The van der Waals surface area contributed by atoms with Crippen molar-refractivity contribution in [2.75, 3.05) is 12.8 Å². The predicted molar refractivity (Wildman–Crippen MR) is 66.9 cm³/mol. The number of rotatable bonds is 4. The van der Waals surface area contributed by atoms with Gasteiger partial charge in [-0.05, 0) is 12.3 Å². The first-order valence-electron chi connectivity index (χ1n) is 4.22. The third kappa shape index (κ3) is 3.55. The number of thiol groups is 1. The van der Waals surface area contributed by atoms with Gasteiger partial charge in [-0.25, -0.2) is 0 Å². The highest BCUT2D eigenvalue weighted by Crippen LogP contribution is 2.17. The number of carbonyl (C=O) groups is 1. The Hall–Kier alpha value is -0.130. The van der Waals surface area contributed by atoms with Gasteiger partial charge in [0.2, 0.25) is 0 Å². The lowest BCUT2D eigenvalue weighted by Gasteiger charge is -2.08. The topological polar surface area (TPSA) is 29.1 Å². The Morgan fingerprint density at radius 2 is 2.50 bits per heavy atom. The summed E-state index contributed by atoms with van der Waals surface area (Å²) in [4.78, 5) is 13.1. The Morgan fingerprint density at radius 3 is 3.00 bits per heavy atom. The van der Waals surface area contributed by atoms with Crippen molar-refractivity contribution in [2.24, 2.45) is 0 Å². The number of carbonyl (C=O) groups excluding carboxylic acids is 1. The van der Waals surface area contributed by atoms with Crippen LogP contribution in [0.15, 0.2) is 16.3 Å². The van der Waals surface area contributed by atoms with E-state index in [0.29, 0.717) is 11.8 Å². The highest BCUT2D eigenvalue weighted by Gasteiger charge is 2.08. The first kappa shape index (κ1) is 11.9. The summed E-state index contributed by atoms with van der Waals surface area (Å²) in [6.45, 7) is 2.79. The highest BCUT2D eigenvalue weighted by atomic mass is 32.2. The van der Waals surface area contributed by atoms with Crippen LogP contribution in [0, 0.1) is 0 Å². The number of thiophene rings is 1. The number of thioether (sulfide) groups is 1. The molecule has 0 aliphatic rings. The van der Waals surface area contributed by atoms with Crippen LogP contribution in [0.2, 0.25) is 0 Å². The van der Waals surface area contributed by atoms with E-state index in [-0.39, 0.29) is 5.91 Å². The minimum absolute atomic E-state index is 0.00352. The SMILES string of the molecule is CSC(C)CNC(=O)c1cc(S)cs1. The molecule has 5 heteroatoms. The maximum absolute atomic E-state index is 11.5. The molecule has 0 aliphatic heterocycles. The Bertz CT molecular complexity index is 311. The minimum Gasteiger partial charge on any atom is -0.350 e. The zero-order chi connectivity index (χ0) is 10.6. The molecule has 14 heavy (non-hydrogen) atoms. The lowest BCUT2D eigenvalue weighted by Crippen LogP contribution is -2.28. The first-order chi connectivity index (χ1) is 6.63. The molecule has 0 radical (unpaired) electrons. The molecule has 1 amide bonds. The molecule has 1 heterocycles. The largest absolute Gasteiger partial charge is 0.350 e. The van der Waals surface area contributed by atoms with Crippen molar-refractivity contribution in [3.63, 3.8) is 0 Å². The smallest absolute Gasteiger partial charge is 0.261 e. The van der Waals surface area contributed by atoms with Gasteiger partial charge < -0.3 is 5.32 Å². The van der Waals surface area contributed by atoms with Gasteiger partial charge in [0.25, 0.3) is 5.91 Å². The normalized spacial score (nSPS) is 12.5. The van der Waals surface area contributed by atoms with E-state index >= 15 is 0 Å². The van der Waals surface area contributed by atoms with E-state index in [1.807, 2.05) is 11.6 Å². The van der Waals surface area contributed by atoms with Crippen LogP contribution in [0.5, 0.6) is 0 Å². The maximum atomic E-state index is 11.5. The van der Waals surface area contributed by atoms with Crippen molar-refractivity contribution in [1.29, 1.82) is 0 Å². The van der Waals surface area contributed by atoms with E-state index in [2.05, 4.69) is 24.9 Å². The predicted octanol–water partition coefficient (Wildman–Crippen LogP) is 2.52. The van der Waals surface area contributed by atoms with Gasteiger partial charge >= 0.3 is 0 Å². The fraction of sp³-hybridized carbons (Fsp3) is 0.444. The van der Waals surface area contributed by atoms with Crippen molar-refractivity contribution in [3.05, 3.63) is 16.3 Å². The second-order valence-electron chi connectivity index (χ2n) is 2.93. The summed E-state index contributed by atoms with van der Waals surface area (Å²) in [6, 6.07) is 1.78. The summed E-state index contributed by atoms with van der Waals surface area (Å²) < 4.78 is 0. The number of hydrogen-bond acceptors (Lipinski definition) is 4. The quantitative estimate of drug-likeness (QED) is 0.801. The summed E-state index contributed by atoms with van der Waals surface area (Å²) in [6.07, 6.45) is 2.04. The fourth-order valence-corrected chi connectivity index (χ4v) is 2.17. The zero-order valence-electron chi connectivity index (χ0n) is 8.11. The number of hydrogen-bond donors (Lipinski definition) is 2. The van der Waals surface area contributed by atoms with Crippen LogP contribution in [0.1, 0.15) is 16.6 Å². The maximum Gasteiger partial charge on any atom is 0.261 e. The van der Waals surface area contributed by atoms with Gasteiger partial charge in [-0.1, -0.05) is 6.92 Å². The Labute approximate surface area is 97.9 Å². The molecule has 2 nitrogen and oxygen atoms in total. The van der Waals surface area contributed by atoms with Crippen LogP contribution in [0.3, 0.4) is 0 Å². The Kier molecular flexibility index (Phi) is 4.84. The van der Waals surface area contributed by atoms with E-state index in [9.17, 15) is 4.79 Å². The van der Waals surface area contributed by atoms with E-state index in [1.165, 1.54) is 11.3 Å². The summed E-state index contributed by atoms with van der Waals surface area (Å²) in [5.74, 6) is -0.00352. The summed E-state index contributed by atoms with van der Waals surface area (Å²) >= 11 is 7.32. The van der Waals surface area contributed by atoms with Crippen molar-refractivity contribution in [2.45, 2.75) is 17.1 Å². The molecule has 0 fully saturated rings. The van der Waals surface area contributed by atoms with Crippen LogP contribution in [-0.4, -0.2) is 24.0 Å². The van der Waals surface area contributed by atoms with Crippen molar-refractivity contribution in [1.82, 2.24) is 5.32 Å². The van der Waals surface area contributed by atoms with Crippen molar-refractivity contribution >= 4 is 41.6 Å². The standard InChI is InChI=1S/C9H13NOS3/c1-6(13-2)4-10-9(11)8-3-7(12)5-14-8/h3,5-6,12H,4H2,1-2H3,(H,10,11). The van der Waals surface area contributed by atoms with Gasteiger partial charge in [0.05, 0.1) is 4.88 Å². The second-order valence-corrected chi connectivity index (χ2v) is 5.63. The van der Waals surface area contributed by atoms with Crippen LogP contribution < -0.4 is 5.32 Å². The van der Waals surface area contributed by atoms with Gasteiger partial charge in [0, 0.05) is 22.1 Å². The van der Waals surface area contributed by atoms with E-state index in [1.54, 1.807) is 17.8 Å². The van der Waals surface area contributed by atoms with E-state index in [4.69, 9.17) is 0 Å². The van der Waals surface area contributed by atoms with Gasteiger partial charge in [-0.15, -0.1) is 24.0 Å². The van der Waals surface area contributed by atoms with Gasteiger partial charge in [-0.3, -0.25) is 4.79 Å². The summed E-state index contributed by atoms with van der Waals surface area (Å²) in [5, 5.41) is 5.19. The monoisotopic (exact) mass is 247 g/mol. The highest BCUT2D eigenvalue weighted by molar-refractivity contribution is 7.99. The number of nitrogens with one attached hydrogen (secondary N) is 1. The minimum atomic E-state index is -0.00352.